The lowest BCUT2D eigenvalue weighted by Gasteiger charge is -2.06. The van der Waals surface area contributed by atoms with Gasteiger partial charge in [0.05, 0.1) is 10.6 Å². The minimum absolute atomic E-state index is 0.0806. The number of carbonyl (C=O) groups excluding carboxylic acids is 3. The number of hydrogen-bond donors (Lipinski definition) is 4. The van der Waals surface area contributed by atoms with E-state index in [0.717, 1.165) is 22.1 Å². The van der Waals surface area contributed by atoms with Crippen molar-refractivity contribution in [3.05, 3.63) is 59.7 Å². The highest BCUT2D eigenvalue weighted by Crippen LogP contribution is 2.32. The van der Waals surface area contributed by atoms with Crippen molar-refractivity contribution in [3.63, 3.8) is 0 Å². The monoisotopic (exact) mass is 354 g/mol. The van der Waals surface area contributed by atoms with Gasteiger partial charge in [-0.3, -0.25) is 14.9 Å². The third kappa shape index (κ3) is 3.43. The molecule has 0 radical (unpaired) electrons. The van der Waals surface area contributed by atoms with Gasteiger partial charge in [-0.25, -0.2) is 4.79 Å². The number of thiophene rings is 1. The molecule has 126 valence electrons. The van der Waals surface area contributed by atoms with Crippen LogP contribution >= 0.6 is 11.3 Å². The second-order valence-corrected chi connectivity index (χ2v) is 6.24. The van der Waals surface area contributed by atoms with Crippen molar-refractivity contribution >= 4 is 50.0 Å². The van der Waals surface area contributed by atoms with Gasteiger partial charge in [0.25, 0.3) is 11.8 Å². The molecule has 0 spiro atoms. The van der Waals surface area contributed by atoms with Crippen LogP contribution in [-0.4, -0.2) is 17.8 Å². The van der Waals surface area contributed by atoms with Crippen molar-refractivity contribution in [2.24, 2.45) is 11.5 Å². The maximum atomic E-state index is 12.6. The van der Waals surface area contributed by atoms with Crippen molar-refractivity contribution in [2.75, 3.05) is 10.6 Å². The van der Waals surface area contributed by atoms with Gasteiger partial charge < -0.3 is 16.8 Å². The number of rotatable bonds is 4. The van der Waals surface area contributed by atoms with Gasteiger partial charge in [0, 0.05) is 5.56 Å². The quantitative estimate of drug-likeness (QED) is 0.575. The van der Waals surface area contributed by atoms with Crippen LogP contribution in [0.4, 0.5) is 14.8 Å². The SMILES string of the molecule is NC(=O)Nc1sc(NC(=O)c2cccc3ccccc23)cc1C(N)=O. The molecule has 7 nitrogen and oxygen atoms in total. The predicted molar refractivity (Wildman–Crippen MR) is 97.9 cm³/mol. The van der Waals surface area contributed by atoms with Crippen LogP contribution in [0.2, 0.25) is 0 Å². The number of benzene rings is 2. The van der Waals surface area contributed by atoms with Crippen molar-refractivity contribution in [1.29, 1.82) is 0 Å². The van der Waals surface area contributed by atoms with Gasteiger partial charge in [-0.15, -0.1) is 0 Å². The number of nitrogens with one attached hydrogen (secondary N) is 2. The Labute approximate surface area is 146 Å². The summed E-state index contributed by atoms with van der Waals surface area (Å²) < 4.78 is 0. The first-order valence-corrected chi connectivity index (χ1v) is 8.06. The molecular weight excluding hydrogens is 340 g/mol. The molecule has 2 aromatic carbocycles. The normalized spacial score (nSPS) is 10.4. The summed E-state index contributed by atoms with van der Waals surface area (Å²) in [7, 11) is 0. The Morgan fingerprint density at radius 1 is 0.880 bits per heavy atom. The van der Waals surface area contributed by atoms with Gasteiger partial charge in [-0.2, -0.15) is 0 Å². The maximum Gasteiger partial charge on any atom is 0.317 e. The molecule has 0 aliphatic carbocycles. The number of carbonyl (C=O) groups is 3. The number of anilines is 2. The molecule has 0 unspecified atom stereocenters. The fourth-order valence-corrected chi connectivity index (χ4v) is 3.40. The summed E-state index contributed by atoms with van der Waals surface area (Å²) >= 11 is 1.000. The molecule has 1 heterocycles. The van der Waals surface area contributed by atoms with E-state index in [-0.39, 0.29) is 16.5 Å². The standard InChI is InChI=1S/C17H14N4O3S/c18-14(22)12-8-13(25-16(12)21-17(19)24)20-15(23)11-7-3-5-9-4-1-2-6-10(9)11/h1-8H,(H2,18,22)(H,20,23)(H3,19,21,24). The number of nitrogens with two attached hydrogens (primary N) is 2. The lowest BCUT2D eigenvalue weighted by molar-refractivity contribution is 0.0997. The summed E-state index contributed by atoms with van der Waals surface area (Å²) in [5, 5.41) is 7.35. The number of fused-ring (bicyclic) bond motifs is 1. The average Bonchev–Trinajstić information content (AvgIpc) is 2.96. The molecule has 0 fully saturated rings. The highest BCUT2D eigenvalue weighted by Gasteiger charge is 2.17. The van der Waals surface area contributed by atoms with Crippen molar-refractivity contribution in [2.45, 2.75) is 0 Å². The number of urea groups is 1. The second kappa shape index (κ2) is 6.62. The van der Waals surface area contributed by atoms with Crippen LogP contribution in [0.5, 0.6) is 0 Å². The van der Waals surface area contributed by atoms with Gasteiger partial charge >= 0.3 is 6.03 Å². The topological polar surface area (TPSA) is 127 Å². The zero-order valence-electron chi connectivity index (χ0n) is 12.9. The van der Waals surface area contributed by atoms with Crippen molar-refractivity contribution in [3.8, 4) is 0 Å². The molecule has 0 bridgehead atoms. The van der Waals surface area contributed by atoms with E-state index in [1.807, 2.05) is 30.3 Å². The maximum absolute atomic E-state index is 12.6. The third-order valence-electron chi connectivity index (χ3n) is 3.51. The van der Waals surface area contributed by atoms with Crippen molar-refractivity contribution < 1.29 is 14.4 Å². The lowest BCUT2D eigenvalue weighted by Crippen LogP contribution is -2.21. The van der Waals surface area contributed by atoms with E-state index in [9.17, 15) is 14.4 Å². The van der Waals surface area contributed by atoms with Gasteiger partial charge in [-0.05, 0) is 22.9 Å². The smallest absolute Gasteiger partial charge is 0.317 e. The first kappa shape index (κ1) is 16.5. The van der Waals surface area contributed by atoms with E-state index in [1.54, 1.807) is 12.1 Å². The molecule has 1 aromatic heterocycles. The van der Waals surface area contributed by atoms with Crippen LogP contribution in [-0.2, 0) is 0 Å². The summed E-state index contributed by atoms with van der Waals surface area (Å²) in [6, 6.07) is 13.5. The zero-order valence-corrected chi connectivity index (χ0v) is 13.7. The molecule has 25 heavy (non-hydrogen) atoms. The van der Waals surface area contributed by atoms with E-state index in [0.29, 0.717) is 10.6 Å². The molecule has 0 saturated carbocycles. The number of hydrogen-bond acceptors (Lipinski definition) is 4. The Morgan fingerprint density at radius 2 is 1.60 bits per heavy atom. The Hall–Kier alpha value is -3.39. The Balaban J connectivity index is 1.92. The van der Waals surface area contributed by atoms with Crippen molar-refractivity contribution in [1.82, 2.24) is 0 Å². The lowest BCUT2D eigenvalue weighted by atomic mass is 10.0. The molecule has 6 N–H and O–H groups in total. The molecule has 0 aliphatic rings. The fraction of sp³-hybridized carbons (Fsp3) is 0. The summed E-state index contributed by atoms with van der Waals surface area (Å²) in [6.07, 6.45) is 0. The van der Waals surface area contributed by atoms with E-state index in [2.05, 4.69) is 10.6 Å². The van der Waals surface area contributed by atoms with Gasteiger partial charge in [-0.1, -0.05) is 47.7 Å². The van der Waals surface area contributed by atoms with E-state index in [1.165, 1.54) is 6.07 Å². The molecule has 4 amide bonds. The Kier molecular flexibility index (Phi) is 4.36. The van der Waals surface area contributed by atoms with Gasteiger partial charge in [0.15, 0.2) is 0 Å². The zero-order chi connectivity index (χ0) is 18.0. The first-order chi connectivity index (χ1) is 12.0. The molecule has 0 atom stereocenters. The molecule has 3 rings (SSSR count). The Bertz CT molecular complexity index is 991. The molecule has 0 saturated heterocycles. The second-order valence-electron chi connectivity index (χ2n) is 5.19. The summed E-state index contributed by atoms with van der Waals surface area (Å²) in [6.45, 7) is 0. The van der Waals surface area contributed by atoms with Gasteiger partial charge in [0.2, 0.25) is 0 Å². The third-order valence-corrected chi connectivity index (χ3v) is 4.47. The average molecular weight is 354 g/mol. The predicted octanol–water partition coefficient (Wildman–Crippen LogP) is 2.74. The van der Waals surface area contributed by atoms with E-state index in [4.69, 9.17) is 11.5 Å². The van der Waals surface area contributed by atoms with E-state index >= 15 is 0 Å². The highest BCUT2D eigenvalue weighted by atomic mass is 32.1. The van der Waals surface area contributed by atoms with Crippen LogP contribution in [0.25, 0.3) is 10.8 Å². The highest BCUT2D eigenvalue weighted by molar-refractivity contribution is 7.20. The molecular formula is C17H14N4O3S. The van der Waals surface area contributed by atoms with E-state index < -0.39 is 11.9 Å². The molecule has 0 aliphatic heterocycles. The number of amides is 4. The molecule has 3 aromatic rings. The summed E-state index contributed by atoms with van der Waals surface area (Å²) in [4.78, 5) is 35.1. The van der Waals surface area contributed by atoms with Crippen LogP contribution in [0.1, 0.15) is 20.7 Å². The first-order valence-electron chi connectivity index (χ1n) is 7.25. The Morgan fingerprint density at radius 3 is 2.32 bits per heavy atom. The van der Waals surface area contributed by atoms with Gasteiger partial charge in [0.1, 0.15) is 5.00 Å². The van der Waals surface area contributed by atoms with Crippen LogP contribution < -0.4 is 22.1 Å². The van der Waals surface area contributed by atoms with Crippen LogP contribution in [0.3, 0.4) is 0 Å². The number of primary amides is 2. The molecule has 8 heteroatoms. The summed E-state index contributed by atoms with van der Waals surface area (Å²) in [5.41, 5.74) is 10.9. The van der Waals surface area contributed by atoms with Crippen LogP contribution in [0, 0.1) is 0 Å². The van der Waals surface area contributed by atoms with Crippen LogP contribution in [0.15, 0.2) is 48.5 Å². The summed E-state index contributed by atoms with van der Waals surface area (Å²) in [5.74, 6) is -1.06. The fourth-order valence-electron chi connectivity index (χ4n) is 2.44. The minimum atomic E-state index is -0.823. The minimum Gasteiger partial charge on any atom is -0.366 e. The largest absolute Gasteiger partial charge is 0.366 e.